The molecule has 4 heteroatoms. The Balaban J connectivity index is 2.33. The van der Waals surface area contributed by atoms with E-state index in [2.05, 4.69) is 65.1 Å². The van der Waals surface area contributed by atoms with Crippen LogP contribution in [0.15, 0.2) is 22.7 Å². The molecule has 1 saturated heterocycles. The Bertz CT molecular complexity index is 450. The minimum absolute atomic E-state index is 0.200. The number of benzene rings is 1. The van der Waals surface area contributed by atoms with Crippen LogP contribution in [0.4, 0.5) is 0 Å². The third kappa shape index (κ3) is 3.54. The summed E-state index contributed by atoms with van der Waals surface area (Å²) in [5.41, 5.74) is 1.55. The average Bonchev–Trinajstić information content (AvgIpc) is 2.39. The third-order valence-electron chi connectivity index (χ3n) is 3.83. The Hall–Kier alpha value is -0.580. The van der Waals surface area contributed by atoms with E-state index in [1.807, 2.05) is 0 Å². The monoisotopic (exact) mass is 340 g/mol. The van der Waals surface area contributed by atoms with Gasteiger partial charge in [-0.2, -0.15) is 0 Å². The highest BCUT2D eigenvalue weighted by molar-refractivity contribution is 9.10. The van der Waals surface area contributed by atoms with E-state index in [1.54, 1.807) is 7.11 Å². The maximum absolute atomic E-state index is 5.34. The van der Waals surface area contributed by atoms with Gasteiger partial charge in [-0.05, 0) is 39.0 Å². The largest absolute Gasteiger partial charge is 0.496 e. The molecule has 3 nitrogen and oxygen atoms in total. The van der Waals surface area contributed by atoms with E-state index in [4.69, 9.17) is 4.74 Å². The Morgan fingerprint density at radius 2 is 1.90 bits per heavy atom. The number of hydrogen-bond acceptors (Lipinski definition) is 3. The molecule has 112 valence electrons. The van der Waals surface area contributed by atoms with E-state index in [1.165, 1.54) is 5.56 Å². The summed E-state index contributed by atoms with van der Waals surface area (Å²) in [6.07, 6.45) is 0. The first kappa shape index (κ1) is 15.8. The lowest BCUT2D eigenvalue weighted by molar-refractivity contribution is 0.0861. The first-order chi connectivity index (χ1) is 9.43. The molecule has 1 atom stereocenters. The number of halogens is 1. The normalized spacial score (nSPS) is 18.9. The molecule has 0 amide bonds. The topological polar surface area (TPSA) is 24.5 Å². The molecule has 0 bridgehead atoms. The van der Waals surface area contributed by atoms with Gasteiger partial charge in [0.05, 0.1) is 11.6 Å². The molecule has 0 aliphatic carbocycles. The predicted octanol–water partition coefficient (Wildman–Crippen LogP) is 3.45. The zero-order valence-corrected chi connectivity index (χ0v) is 14.5. The van der Waals surface area contributed by atoms with Crippen LogP contribution in [-0.4, -0.2) is 38.2 Å². The fourth-order valence-electron chi connectivity index (χ4n) is 3.05. The Morgan fingerprint density at radius 3 is 2.40 bits per heavy atom. The molecule has 1 fully saturated rings. The smallest absolute Gasteiger partial charge is 0.133 e. The molecule has 0 saturated carbocycles. The summed E-state index contributed by atoms with van der Waals surface area (Å²) in [5, 5.41) is 3.43. The van der Waals surface area contributed by atoms with E-state index < -0.39 is 0 Å². The van der Waals surface area contributed by atoms with Gasteiger partial charge in [-0.15, -0.1) is 0 Å². The van der Waals surface area contributed by atoms with Crippen molar-refractivity contribution in [2.45, 2.75) is 26.8 Å². The van der Waals surface area contributed by atoms with Crippen molar-refractivity contribution in [3.05, 3.63) is 28.2 Å². The van der Waals surface area contributed by atoms with Crippen molar-refractivity contribution in [2.75, 3.05) is 33.3 Å². The van der Waals surface area contributed by atoms with Crippen molar-refractivity contribution in [1.29, 1.82) is 0 Å². The summed E-state index contributed by atoms with van der Waals surface area (Å²) in [6.45, 7) is 11.3. The zero-order chi connectivity index (χ0) is 14.8. The van der Waals surface area contributed by atoms with Crippen LogP contribution in [0.5, 0.6) is 5.75 Å². The molecule has 0 aromatic heterocycles. The molecule has 0 spiro atoms. The number of ether oxygens (including phenoxy) is 1. The van der Waals surface area contributed by atoms with Crippen LogP contribution in [0.1, 0.15) is 32.4 Å². The number of rotatable bonds is 3. The van der Waals surface area contributed by atoms with Gasteiger partial charge in [0.1, 0.15) is 5.75 Å². The fourth-order valence-corrected chi connectivity index (χ4v) is 3.61. The SMILES string of the molecule is COc1ccc([C@@H](N2CCNCC2)C(C)(C)C)cc1Br. The van der Waals surface area contributed by atoms with E-state index in [0.29, 0.717) is 6.04 Å². The zero-order valence-electron chi connectivity index (χ0n) is 12.9. The lowest BCUT2D eigenvalue weighted by Gasteiger charge is -2.42. The molecule has 1 aliphatic rings. The highest BCUT2D eigenvalue weighted by atomic mass is 79.9. The second kappa shape index (κ2) is 6.46. The highest BCUT2D eigenvalue weighted by Crippen LogP contribution is 2.40. The molecular formula is C16H25BrN2O. The van der Waals surface area contributed by atoms with Gasteiger partial charge in [-0.3, -0.25) is 4.90 Å². The quantitative estimate of drug-likeness (QED) is 0.911. The van der Waals surface area contributed by atoms with Crippen molar-refractivity contribution < 1.29 is 4.74 Å². The lowest BCUT2D eigenvalue weighted by Crippen LogP contribution is -2.48. The molecule has 0 unspecified atom stereocenters. The van der Waals surface area contributed by atoms with Crippen LogP contribution in [-0.2, 0) is 0 Å². The van der Waals surface area contributed by atoms with Gasteiger partial charge in [0, 0.05) is 32.2 Å². The molecule has 20 heavy (non-hydrogen) atoms. The van der Waals surface area contributed by atoms with Crippen LogP contribution in [0.3, 0.4) is 0 Å². The molecule has 1 aliphatic heterocycles. The van der Waals surface area contributed by atoms with Gasteiger partial charge in [0.25, 0.3) is 0 Å². The molecule has 0 radical (unpaired) electrons. The minimum Gasteiger partial charge on any atom is -0.496 e. The lowest BCUT2D eigenvalue weighted by atomic mass is 9.81. The van der Waals surface area contributed by atoms with E-state index >= 15 is 0 Å². The highest BCUT2D eigenvalue weighted by Gasteiger charge is 2.32. The maximum atomic E-state index is 5.34. The van der Waals surface area contributed by atoms with Gasteiger partial charge < -0.3 is 10.1 Å². The molecule has 1 heterocycles. The van der Waals surface area contributed by atoms with Crippen LogP contribution < -0.4 is 10.1 Å². The van der Waals surface area contributed by atoms with E-state index in [0.717, 1.165) is 36.4 Å². The van der Waals surface area contributed by atoms with Crippen molar-refractivity contribution >= 4 is 15.9 Å². The molecule has 2 rings (SSSR count). The summed E-state index contributed by atoms with van der Waals surface area (Å²) in [5.74, 6) is 0.890. The number of piperazine rings is 1. The Kier molecular flexibility index (Phi) is 5.10. The third-order valence-corrected chi connectivity index (χ3v) is 4.45. The summed E-state index contributed by atoms with van der Waals surface area (Å²) in [4.78, 5) is 2.59. The minimum atomic E-state index is 0.200. The number of methoxy groups -OCH3 is 1. The molecular weight excluding hydrogens is 316 g/mol. The van der Waals surface area contributed by atoms with Gasteiger partial charge in [0.2, 0.25) is 0 Å². The van der Waals surface area contributed by atoms with Crippen molar-refractivity contribution in [1.82, 2.24) is 10.2 Å². The summed E-state index contributed by atoms with van der Waals surface area (Å²) < 4.78 is 6.37. The van der Waals surface area contributed by atoms with Crippen molar-refractivity contribution in [3.63, 3.8) is 0 Å². The number of hydrogen-bond donors (Lipinski definition) is 1. The van der Waals surface area contributed by atoms with Crippen LogP contribution in [0, 0.1) is 5.41 Å². The van der Waals surface area contributed by atoms with Gasteiger partial charge in [-0.1, -0.05) is 26.8 Å². The van der Waals surface area contributed by atoms with Gasteiger partial charge >= 0.3 is 0 Å². The number of nitrogens with one attached hydrogen (secondary N) is 1. The van der Waals surface area contributed by atoms with Crippen LogP contribution in [0.2, 0.25) is 0 Å². The fraction of sp³-hybridized carbons (Fsp3) is 0.625. The summed E-state index contributed by atoms with van der Waals surface area (Å²) in [6, 6.07) is 6.88. The van der Waals surface area contributed by atoms with E-state index in [9.17, 15) is 0 Å². The predicted molar refractivity (Wildman–Crippen MR) is 87.3 cm³/mol. The summed E-state index contributed by atoms with van der Waals surface area (Å²) in [7, 11) is 1.71. The van der Waals surface area contributed by atoms with Crippen LogP contribution in [0.25, 0.3) is 0 Å². The van der Waals surface area contributed by atoms with Crippen molar-refractivity contribution in [3.8, 4) is 5.75 Å². The number of nitrogens with zero attached hydrogens (tertiary/aromatic N) is 1. The summed E-state index contributed by atoms with van der Waals surface area (Å²) >= 11 is 3.61. The average molecular weight is 341 g/mol. The molecule has 1 N–H and O–H groups in total. The van der Waals surface area contributed by atoms with Gasteiger partial charge in [0.15, 0.2) is 0 Å². The first-order valence-corrected chi connectivity index (χ1v) is 8.01. The van der Waals surface area contributed by atoms with Gasteiger partial charge in [-0.25, -0.2) is 0 Å². The van der Waals surface area contributed by atoms with Crippen molar-refractivity contribution in [2.24, 2.45) is 5.41 Å². The standard InChI is InChI=1S/C16H25BrN2O/c1-16(2,3)15(19-9-7-18-8-10-19)12-5-6-14(20-4)13(17)11-12/h5-6,11,15,18H,7-10H2,1-4H3/t15-/m1/s1. The Labute approximate surface area is 130 Å². The second-order valence-electron chi connectivity index (χ2n) is 6.45. The second-order valence-corrected chi connectivity index (χ2v) is 7.30. The Morgan fingerprint density at radius 1 is 1.25 bits per heavy atom. The van der Waals surface area contributed by atoms with E-state index in [-0.39, 0.29) is 5.41 Å². The first-order valence-electron chi connectivity index (χ1n) is 7.21. The molecule has 1 aromatic carbocycles. The molecule has 1 aromatic rings. The van der Waals surface area contributed by atoms with Crippen LogP contribution >= 0.6 is 15.9 Å². The maximum Gasteiger partial charge on any atom is 0.133 e.